The Balaban J connectivity index is 0.638. The van der Waals surface area contributed by atoms with E-state index >= 15 is 0 Å². The average molecular weight is 633 g/mol. The van der Waals surface area contributed by atoms with Crippen LogP contribution < -0.4 is 0 Å². The molecule has 0 aliphatic heterocycles. The third-order valence-corrected chi connectivity index (χ3v) is 17.7. The summed E-state index contributed by atoms with van der Waals surface area (Å²) in [6.45, 7) is 10.0. The maximum Gasteiger partial charge on any atom is -0.0161 e. The zero-order valence-corrected chi connectivity index (χ0v) is 31.9. The molecule has 0 amide bonds. The van der Waals surface area contributed by atoms with Crippen LogP contribution in [0.4, 0.5) is 0 Å². The topological polar surface area (TPSA) is 0 Å². The van der Waals surface area contributed by atoms with Gasteiger partial charge in [-0.05, 0) is 108 Å². The summed E-state index contributed by atoms with van der Waals surface area (Å²) in [4.78, 5) is 0. The molecule has 7 aliphatic carbocycles. The van der Waals surface area contributed by atoms with Crippen LogP contribution in [0, 0.1) is 56.2 Å². The van der Waals surface area contributed by atoms with E-state index in [1.165, 1.54) is 154 Å². The summed E-state index contributed by atoms with van der Waals surface area (Å²) in [5.74, 6) is 4.23. The molecule has 264 valence electrons. The van der Waals surface area contributed by atoms with Gasteiger partial charge in [0.2, 0.25) is 0 Å². The predicted molar refractivity (Wildman–Crippen MR) is 199 cm³/mol. The number of hydrogen-bond donors (Lipinski definition) is 0. The first-order chi connectivity index (χ1) is 22.4. The van der Waals surface area contributed by atoms with Gasteiger partial charge in [-0.2, -0.15) is 0 Å². The lowest BCUT2D eigenvalue weighted by atomic mass is 9.83. The van der Waals surface area contributed by atoms with Gasteiger partial charge in [-0.25, -0.2) is 0 Å². The Morgan fingerprint density at radius 1 is 0.478 bits per heavy atom. The van der Waals surface area contributed by atoms with Gasteiger partial charge >= 0.3 is 0 Å². The number of hydrogen-bond acceptors (Lipinski definition) is 0. The standard InChI is InChI=1S/C46H80/c1-5-7-8-9-10-11-12-13-14-15-16-17-18-19-20-21-22-23-24-25-26-27-28-37(3)39(6-2)29-40-31-42(40)33-44(42)35-46(44)36-45(46)34-43(45)32-41(43)30-38(41)4/h37-40H,5-36H2,1-4H3. The quantitative estimate of drug-likeness (QED) is 0.0790. The molecule has 0 bridgehead atoms. The van der Waals surface area contributed by atoms with Gasteiger partial charge in [-0.1, -0.05) is 182 Å². The molecule has 0 aromatic carbocycles. The fraction of sp³-hybridized carbons (Fsp3) is 1.00. The van der Waals surface area contributed by atoms with Crippen molar-refractivity contribution in [2.45, 2.75) is 233 Å². The molecule has 7 fully saturated rings. The molecule has 0 heteroatoms. The molecule has 7 rings (SSSR count). The molecule has 0 N–H and O–H groups in total. The first kappa shape index (κ1) is 34.4. The first-order valence-electron chi connectivity index (χ1n) is 22.4. The van der Waals surface area contributed by atoms with Crippen molar-refractivity contribution in [2.75, 3.05) is 0 Å². The van der Waals surface area contributed by atoms with Crippen LogP contribution >= 0.6 is 0 Å². The van der Waals surface area contributed by atoms with Gasteiger partial charge in [0.1, 0.15) is 0 Å². The van der Waals surface area contributed by atoms with Gasteiger partial charge in [0.25, 0.3) is 0 Å². The summed E-state index contributed by atoms with van der Waals surface area (Å²) in [6, 6.07) is 0. The fourth-order valence-electron chi connectivity index (χ4n) is 14.3. The van der Waals surface area contributed by atoms with Gasteiger partial charge in [0.05, 0.1) is 0 Å². The summed E-state index contributed by atoms with van der Waals surface area (Å²) in [6.07, 6.45) is 49.0. The normalized spacial score (nSPS) is 42.5. The van der Waals surface area contributed by atoms with E-state index in [1.807, 2.05) is 0 Å². The molecule has 0 nitrogen and oxygen atoms in total. The molecule has 0 aromatic rings. The third-order valence-electron chi connectivity index (χ3n) is 17.7. The first-order valence-corrected chi connectivity index (χ1v) is 22.4. The third kappa shape index (κ3) is 5.94. The van der Waals surface area contributed by atoms with E-state index in [2.05, 4.69) is 27.7 Å². The van der Waals surface area contributed by atoms with Crippen LogP contribution in [0.2, 0.25) is 0 Å². The van der Waals surface area contributed by atoms with E-state index in [0.717, 1.165) is 56.2 Å². The van der Waals surface area contributed by atoms with Gasteiger partial charge in [-0.15, -0.1) is 0 Å². The second kappa shape index (κ2) is 13.6. The SMILES string of the molecule is CCCCCCCCCCCCCCCCCCCCCCCCC(C)C(CC)CC1CC12CC21CC12CC21CC12CC21CC1C. The molecule has 0 aromatic heterocycles. The van der Waals surface area contributed by atoms with Crippen molar-refractivity contribution in [2.24, 2.45) is 56.2 Å². The Labute approximate surface area is 288 Å². The van der Waals surface area contributed by atoms with E-state index in [0.29, 0.717) is 0 Å². The Kier molecular flexibility index (Phi) is 10.2. The minimum atomic E-state index is 0.900. The molecule has 10 unspecified atom stereocenters. The fourth-order valence-corrected chi connectivity index (χ4v) is 14.3. The highest BCUT2D eigenvalue weighted by atomic mass is 15.1. The Morgan fingerprint density at radius 3 is 1.28 bits per heavy atom. The summed E-state index contributed by atoms with van der Waals surface area (Å²) in [7, 11) is 0. The monoisotopic (exact) mass is 633 g/mol. The Morgan fingerprint density at radius 2 is 0.870 bits per heavy atom. The number of unbranched alkanes of at least 4 members (excludes halogenated alkanes) is 21. The maximum atomic E-state index is 2.63. The van der Waals surface area contributed by atoms with Crippen LogP contribution in [0.15, 0.2) is 0 Å². The van der Waals surface area contributed by atoms with Gasteiger partial charge in [0.15, 0.2) is 0 Å². The lowest BCUT2D eigenvalue weighted by molar-refractivity contribution is 0.279. The zero-order valence-electron chi connectivity index (χ0n) is 31.9. The number of fused-ring (bicyclic) bond motifs is 5. The van der Waals surface area contributed by atoms with E-state index in [4.69, 9.17) is 0 Å². The van der Waals surface area contributed by atoms with Gasteiger partial charge in [0, 0.05) is 0 Å². The van der Waals surface area contributed by atoms with Crippen LogP contribution in [-0.4, -0.2) is 0 Å². The number of rotatable bonds is 27. The maximum absolute atomic E-state index is 2.63. The molecule has 0 heterocycles. The van der Waals surface area contributed by atoms with Crippen molar-refractivity contribution >= 4 is 0 Å². The highest BCUT2D eigenvalue weighted by Crippen LogP contribution is 3.18. The van der Waals surface area contributed by atoms with Crippen LogP contribution in [0.5, 0.6) is 0 Å². The van der Waals surface area contributed by atoms with Gasteiger partial charge < -0.3 is 0 Å². The highest BCUT2D eigenvalue weighted by molar-refractivity contribution is 5.59. The lowest BCUT2D eigenvalue weighted by Gasteiger charge is -2.23. The molecule has 6 spiro atoms. The van der Waals surface area contributed by atoms with Crippen molar-refractivity contribution in [3.63, 3.8) is 0 Å². The summed E-state index contributed by atoms with van der Waals surface area (Å²) >= 11 is 0. The second-order valence-electron chi connectivity index (χ2n) is 20.1. The summed E-state index contributed by atoms with van der Waals surface area (Å²) in [5.41, 5.74) is 5.54. The van der Waals surface area contributed by atoms with Crippen LogP contribution in [-0.2, 0) is 0 Å². The molecular formula is C46H80. The van der Waals surface area contributed by atoms with Crippen LogP contribution in [0.3, 0.4) is 0 Å². The average Bonchev–Trinajstić information content (AvgIpc) is 3.73. The van der Waals surface area contributed by atoms with Crippen molar-refractivity contribution in [1.29, 1.82) is 0 Å². The van der Waals surface area contributed by atoms with Crippen molar-refractivity contribution in [3.05, 3.63) is 0 Å². The largest absolute Gasteiger partial charge is 0.0654 e. The van der Waals surface area contributed by atoms with Crippen LogP contribution in [0.1, 0.15) is 233 Å². The van der Waals surface area contributed by atoms with E-state index in [1.54, 1.807) is 51.4 Å². The molecule has 46 heavy (non-hydrogen) atoms. The molecular weight excluding hydrogens is 553 g/mol. The minimum absolute atomic E-state index is 0.900. The lowest BCUT2D eigenvalue weighted by Crippen LogP contribution is -2.12. The molecule has 7 aliphatic rings. The van der Waals surface area contributed by atoms with E-state index in [-0.39, 0.29) is 0 Å². The van der Waals surface area contributed by atoms with Crippen LogP contribution in [0.25, 0.3) is 0 Å². The molecule has 10 atom stereocenters. The van der Waals surface area contributed by atoms with Gasteiger partial charge in [-0.3, -0.25) is 0 Å². The highest BCUT2D eigenvalue weighted by Gasteiger charge is 3.11. The Hall–Kier alpha value is 0. The molecule has 7 saturated carbocycles. The smallest absolute Gasteiger partial charge is 0.0161 e. The second-order valence-corrected chi connectivity index (χ2v) is 20.1. The van der Waals surface area contributed by atoms with E-state index < -0.39 is 0 Å². The summed E-state index contributed by atoms with van der Waals surface area (Å²) in [5, 5.41) is 0. The zero-order chi connectivity index (χ0) is 31.9. The minimum Gasteiger partial charge on any atom is -0.0654 e. The van der Waals surface area contributed by atoms with Crippen molar-refractivity contribution in [3.8, 4) is 0 Å². The van der Waals surface area contributed by atoms with E-state index in [9.17, 15) is 0 Å². The Bertz CT molecular complexity index is 1010. The van der Waals surface area contributed by atoms with Crippen molar-refractivity contribution in [1.82, 2.24) is 0 Å². The molecule has 0 saturated heterocycles. The molecule has 0 radical (unpaired) electrons. The summed E-state index contributed by atoms with van der Waals surface area (Å²) < 4.78 is 0. The predicted octanol–water partition coefficient (Wildman–Crippen LogP) is 15.0. The van der Waals surface area contributed by atoms with Crippen molar-refractivity contribution < 1.29 is 0 Å².